The zero-order chi connectivity index (χ0) is 13.2. The van der Waals surface area contributed by atoms with Gasteiger partial charge in [-0.25, -0.2) is 4.98 Å². The quantitative estimate of drug-likeness (QED) is 0.744. The van der Waals surface area contributed by atoms with Gasteiger partial charge in [-0.05, 0) is 42.3 Å². The second-order valence-corrected chi connectivity index (χ2v) is 5.38. The summed E-state index contributed by atoms with van der Waals surface area (Å²) in [4.78, 5) is 4.48. The molecule has 0 aliphatic carbocycles. The zero-order valence-corrected chi connectivity index (χ0v) is 11.9. The molecule has 2 aromatic carbocycles. The summed E-state index contributed by atoms with van der Waals surface area (Å²) in [7, 11) is 0. The van der Waals surface area contributed by atoms with E-state index in [0.29, 0.717) is 0 Å². The van der Waals surface area contributed by atoms with Crippen LogP contribution in [0.5, 0.6) is 0 Å². The van der Waals surface area contributed by atoms with Crippen LogP contribution in [0.3, 0.4) is 0 Å². The number of fused-ring (bicyclic) bond motifs is 1. The molecule has 0 radical (unpaired) electrons. The Morgan fingerprint density at radius 3 is 2.84 bits per heavy atom. The lowest BCUT2D eigenvalue weighted by molar-refractivity contribution is 0.528. The molecule has 0 saturated heterocycles. The average Bonchev–Trinajstić information content (AvgIpc) is 2.78. The van der Waals surface area contributed by atoms with Crippen molar-refractivity contribution in [2.24, 2.45) is 0 Å². The minimum atomic E-state index is 0.760. The predicted molar refractivity (Wildman–Crippen MR) is 80.0 cm³/mol. The lowest BCUT2D eigenvalue weighted by Crippen LogP contribution is -1.93. The highest BCUT2D eigenvalue weighted by molar-refractivity contribution is 9.10. The standard InChI is InChI=1S/C15H13BrN2O/c16-11-5-6-14-13(9-11)18-15(19-14)7-4-10-2-1-3-12(17)8-10/h1-3,5-6,8-9H,4,7,17H2. The van der Waals surface area contributed by atoms with Gasteiger partial charge in [0.15, 0.2) is 11.5 Å². The Morgan fingerprint density at radius 2 is 2.00 bits per heavy atom. The molecule has 0 unspecified atom stereocenters. The fraction of sp³-hybridized carbons (Fsp3) is 0.133. The highest BCUT2D eigenvalue weighted by Gasteiger charge is 2.06. The minimum Gasteiger partial charge on any atom is -0.441 e. The van der Waals surface area contributed by atoms with Crippen molar-refractivity contribution in [3.8, 4) is 0 Å². The van der Waals surface area contributed by atoms with E-state index in [-0.39, 0.29) is 0 Å². The molecular formula is C15H13BrN2O. The Balaban J connectivity index is 1.78. The second kappa shape index (κ2) is 5.05. The maximum absolute atomic E-state index is 5.76. The first-order chi connectivity index (χ1) is 9.20. The fourth-order valence-corrected chi connectivity index (χ4v) is 2.40. The Bertz CT molecular complexity index is 721. The molecular weight excluding hydrogens is 304 g/mol. The molecule has 3 aromatic rings. The van der Waals surface area contributed by atoms with Crippen molar-refractivity contribution < 1.29 is 4.42 Å². The maximum Gasteiger partial charge on any atom is 0.195 e. The van der Waals surface area contributed by atoms with Gasteiger partial charge in [-0.2, -0.15) is 0 Å². The third-order valence-electron chi connectivity index (χ3n) is 2.97. The van der Waals surface area contributed by atoms with Gasteiger partial charge in [-0.1, -0.05) is 28.1 Å². The van der Waals surface area contributed by atoms with E-state index < -0.39 is 0 Å². The van der Waals surface area contributed by atoms with E-state index in [1.807, 2.05) is 36.4 Å². The van der Waals surface area contributed by atoms with E-state index in [1.54, 1.807) is 0 Å². The summed E-state index contributed by atoms with van der Waals surface area (Å²) in [5.74, 6) is 0.760. The second-order valence-electron chi connectivity index (χ2n) is 4.46. The van der Waals surface area contributed by atoms with Crippen molar-refractivity contribution in [2.45, 2.75) is 12.8 Å². The van der Waals surface area contributed by atoms with Crippen molar-refractivity contribution in [2.75, 3.05) is 5.73 Å². The van der Waals surface area contributed by atoms with Crippen LogP contribution in [0.2, 0.25) is 0 Å². The number of aromatic nitrogens is 1. The molecule has 0 atom stereocenters. The maximum atomic E-state index is 5.76. The summed E-state index contributed by atoms with van der Waals surface area (Å²) in [5.41, 5.74) is 9.46. The highest BCUT2D eigenvalue weighted by atomic mass is 79.9. The molecule has 0 aliphatic rings. The Hall–Kier alpha value is -1.81. The van der Waals surface area contributed by atoms with E-state index in [0.717, 1.165) is 40.0 Å². The molecule has 0 bridgehead atoms. The largest absolute Gasteiger partial charge is 0.441 e. The van der Waals surface area contributed by atoms with E-state index in [4.69, 9.17) is 10.2 Å². The Morgan fingerprint density at radius 1 is 1.11 bits per heavy atom. The third kappa shape index (κ3) is 2.79. The van der Waals surface area contributed by atoms with E-state index >= 15 is 0 Å². The van der Waals surface area contributed by atoms with Crippen LogP contribution < -0.4 is 5.73 Å². The zero-order valence-electron chi connectivity index (χ0n) is 10.3. The van der Waals surface area contributed by atoms with Crippen molar-refractivity contribution in [1.82, 2.24) is 4.98 Å². The smallest absolute Gasteiger partial charge is 0.195 e. The highest BCUT2D eigenvalue weighted by Crippen LogP contribution is 2.21. The summed E-state index contributed by atoms with van der Waals surface area (Å²) in [6.07, 6.45) is 1.65. The summed E-state index contributed by atoms with van der Waals surface area (Å²) in [6, 6.07) is 13.7. The molecule has 0 amide bonds. The minimum absolute atomic E-state index is 0.760. The van der Waals surface area contributed by atoms with Crippen molar-refractivity contribution >= 4 is 32.7 Å². The van der Waals surface area contributed by atoms with Gasteiger partial charge in [-0.15, -0.1) is 0 Å². The molecule has 3 nitrogen and oxygen atoms in total. The van der Waals surface area contributed by atoms with Gasteiger partial charge < -0.3 is 10.2 Å². The molecule has 96 valence electrons. The van der Waals surface area contributed by atoms with Gasteiger partial charge in [0.1, 0.15) is 5.52 Å². The van der Waals surface area contributed by atoms with Crippen LogP contribution in [0.1, 0.15) is 11.5 Å². The van der Waals surface area contributed by atoms with E-state index in [9.17, 15) is 0 Å². The first-order valence-corrected chi connectivity index (χ1v) is 6.89. The van der Waals surface area contributed by atoms with Crippen molar-refractivity contribution in [3.63, 3.8) is 0 Å². The molecule has 0 saturated carbocycles. The van der Waals surface area contributed by atoms with Gasteiger partial charge in [0.25, 0.3) is 0 Å². The van der Waals surface area contributed by atoms with Crippen LogP contribution in [0, 0.1) is 0 Å². The number of anilines is 1. The van der Waals surface area contributed by atoms with E-state index in [1.165, 1.54) is 5.56 Å². The number of hydrogen-bond donors (Lipinski definition) is 1. The molecule has 2 N–H and O–H groups in total. The number of benzene rings is 2. The van der Waals surface area contributed by atoms with Gasteiger partial charge >= 0.3 is 0 Å². The van der Waals surface area contributed by atoms with Crippen LogP contribution in [0.25, 0.3) is 11.1 Å². The summed E-state index contributed by atoms with van der Waals surface area (Å²) >= 11 is 3.43. The monoisotopic (exact) mass is 316 g/mol. The molecule has 1 aromatic heterocycles. The van der Waals surface area contributed by atoms with Crippen LogP contribution >= 0.6 is 15.9 Å². The molecule has 19 heavy (non-hydrogen) atoms. The summed E-state index contributed by atoms with van der Waals surface area (Å²) in [6.45, 7) is 0. The number of nitrogens with two attached hydrogens (primary N) is 1. The van der Waals surface area contributed by atoms with Gasteiger partial charge in [0.2, 0.25) is 0 Å². The molecule has 3 rings (SSSR count). The Labute approximate surface area is 119 Å². The molecule has 4 heteroatoms. The first-order valence-electron chi connectivity index (χ1n) is 6.10. The van der Waals surface area contributed by atoms with E-state index in [2.05, 4.69) is 27.0 Å². The number of nitrogens with zero attached hydrogens (tertiary/aromatic N) is 1. The topological polar surface area (TPSA) is 52.0 Å². The average molecular weight is 317 g/mol. The van der Waals surface area contributed by atoms with Crippen molar-refractivity contribution in [3.05, 3.63) is 58.4 Å². The predicted octanol–water partition coefficient (Wildman–Crippen LogP) is 3.96. The van der Waals surface area contributed by atoms with Crippen molar-refractivity contribution in [1.29, 1.82) is 0 Å². The van der Waals surface area contributed by atoms with Gasteiger partial charge in [0.05, 0.1) is 0 Å². The SMILES string of the molecule is Nc1cccc(CCc2nc3cc(Br)ccc3o2)c1. The first kappa shape index (κ1) is 12.2. The lowest BCUT2D eigenvalue weighted by Gasteiger charge is -1.99. The molecule has 0 aliphatic heterocycles. The summed E-state index contributed by atoms with van der Waals surface area (Å²) < 4.78 is 6.72. The number of nitrogen functional groups attached to an aromatic ring is 1. The van der Waals surface area contributed by atoms with Crippen LogP contribution in [0.4, 0.5) is 5.69 Å². The van der Waals surface area contributed by atoms with Crippen LogP contribution in [-0.2, 0) is 12.8 Å². The van der Waals surface area contributed by atoms with Gasteiger partial charge in [0, 0.05) is 16.6 Å². The summed E-state index contributed by atoms with van der Waals surface area (Å²) in [5, 5.41) is 0. The lowest BCUT2D eigenvalue weighted by atomic mass is 10.1. The third-order valence-corrected chi connectivity index (χ3v) is 3.47. The van der Waals surface area contributed by atoms with Gasteiger partial charge in [-0.3, -0.25) is 0 Å². The number of hydrogen-bond acceptors (Lipinski definition) is 3. The number of oxazole rings is 1. The van der Waals surface area contributed by atoms with Crippen LogP contribution in [0.15, 0.2) is 51.4 Å². The van der Waals surface area contributed by atoms with Crippen LogP contribution in [-0.4, -0.2) is 4.98 Å². The fourth-order valence-electron chi connectivity index (χ4n) is 2.06. The molecule has 0 fully saturated rings. The molecule has 0 spiro atoms. The normalized spacial score (nSPS) is 11.0. The Kier molecular flexibility index (Phi) is 3.25. The number of halogens is 1. The number of rotatable bonds is 3. The molecule has 1 heterocycles. The number of aryl methyl sites for hydroxylation is 2.